The molecule has 1 aromatic rings. The van der Waals surface area contributed by atoms with Crippen molar-refractivity contribution in [3.05, 3.63) is 11.1 Å². The number of likely N-dealkylation sites (tertiary alicyclic amines) is 2. The van der Waals surface area contributed by atoms with Gasteiger partial charge in [0.15, 0.2) is 5.13 Å². The molecule has 0 spiro atoms. The van der Waals surface area contributed by atoms with E-state index >= 15 is 0 Å². The zero-order valence-corrected chi connectivity index (χ0v) is 15.0. The van der Waals surface area contributed by atoms with Crippen LogP contribution in [0.15, 0.2) is 6.20 Å². The van der Waals surface area contributed by atoms with Crippen LogP contribution in [0.2, 0.25) is 0 Å². The van der Waals surface area contributed by atoms with Gasteiger partial charge in [-0.15, -0.1) is 11.3 Å². The minimum absolute atomic E-state index is 0.356. The van der Waals surface area contributed by atoms with Gasteiger partial charge in [0.1, 0.15) is 0 Å². The molecule has 3 saturated heterocycles. The van der Waals surface area contributed by atoms with Gasteiger partial charge in [0, 0.05) is 56.3 Å². The minimum atomic E-state index is 0.356. The molecule has 3 fully saturated rings. The maximum absolute atomic E-state index is 12.0. The van der Waals surface area contributed by atoms with Gasteiger partial charge in [0.05, 0.1) is 13.2 Å². The molecule has 4 rings (SSSR count). The number of piperidine rings is 1. The quantitative estimate of drug-likeness (QED) is 0.825. The monoisotopic (exact) mass is 350 g/mol. The summed E-state index contributed by atoms with van der Waals surface area (Å²) in [6.45, 7) is 7.53. The van der Waals surface area contributed by atoms with Crippen LogP contribution in [0.5, 0.6) is 0 Å². The topological polar surface area (TPSA) is 48.9 Å². The first-order valence-electron chi connectivity index (χ1n) is 9.09. The van der Waals surface area contributed by atoms with Crippen molar-refractivity contribution in [1.29, 1.82) is 0 Å². The van der Waals surface area contributed by atoms with Crippen LogP contribution in [0.3, 0.4) is 0 Å². The lowest BCUT2D eigenvalue weighted by atomic mass is 10.0. The lowest BCUT2D eigenvalue weighted by Crippen LogP contribution is -2.47. The Labute approximate surface area is 147 Å². The van der Waals surface area contributed by atoms with E-state index in [1.807, 2.05) is 6.20 Å². The molecule has 0 radical (unpaired) electrons. The summed E-state index contributed by atoms with van der Waals surface area (Å²) in [6.07, 6.45) is 6.15. The molecular weight excluding hydrogens is 324 g/mol. The Kier molecular flexibility index (Phi) is 5.01. The number of thiazole rings is 1. The van der Waals surface area contributed by atoms with Gasteiger partial charge in [0.25, 0.3) is 0 Å². The van der Waals surface area contributed by atoms with Crippen molar-refractivity contribution >= 4 is 22.4 Å². The van der Waals surface area contributed by atoms with E-state index in [1.54, 1.807) is 11.3 Å². The van der Waals surface area contributed by atoms with Gasteiger partial charge in [-0.05, 0) is 25.8 Å². The normalized spacial score (nSPS) is 26.3. The number of hydrogen-bond acceptors (Lipinski definition) is 6. The summed E-state index contributed by atoms with van der Waals surface area (Å²) >= 11 is 1.80. The SMILES string of the molecule is O=C1CCCN1[C@H]1CCCN(Cc2cnc(N3CCOCC3)s2)C1. The number of ether oxygens (including phenoxy) is 1. The lowest BCUT2D eigenvalue weighted by molar-refractivity contribution is -0.130. The number of nitrogens with zero attached hydrogens (tertiary/aromatic N) is 4. The first-order valence-corrected chi connectivity index (χ1v) is 9.90. The van der Waals surface area contributed by atoms with Crippen LogP contribution in [-0.4, -0.2) is 72.7 Å². The van der Waals surface area contributed by atoms with Crippen molar-refractivity contribution in [1.82, 2.24) is 14.8 Å². The maximum Gasteiger partial charge on any atom is 0.222 e. The second-order valence-electron chi connectivity index (χ2n) is 6.93. The third-order valence-electron chi connectivity index (χ3n) is 5.23. The molecular formula is C17H26N4O2S. The Morgan fingerprint density at radius 3 is 2.88 bits per heavy atom. The van der Waals surface area contributed by atoms with E-state index in [4.69, 9.17) is 4.74 Å². The van der Waals surface area contributed by atoms with Gasteiger partial charge < -0.3 is 14.5 Å². The van der Waals surface area contributed by atoms with E-state index in [0.717, 1.165) is 76.9 Å². The number of rotatable bonds is 4. The van der Waals surface area contributed by atoms with Crippen LogP contribution >= 0.6 is 11.3 Å². The van der Waals surface area contributed by atoms with Crippen LogP contribution in [0.4, 0.5) is 5.13 Å². The molecule has 0 bridgehead atoms. The zero-order valence-electron chi connectivity index (χ0n) is 14.2. The predicted molar refractivity (Wildman–Crippen MR) is 94.4 cm³/mol. The van der Waals surface area contributed by atoms with Crippen LogP contribution in [-0.2, 0) is 16.1 Å². The molecule has 0 N–H and O–H groups in total. The molecule has 1 amide bonds. The fourth-order valence-electron chi connectivity index (χ4n) is 3.98. The summed E-state index contributed by atoms with van der Waals surface area (Å²) in [5, 5.41) is 1.12. The Morgan fingerprint density at radius 1 is 1.21 bits per heavy atom. The number of amides is 1. The molecule has 0 aliphatic carbocycles. The van der Waals surface area contributed by atoms with E-state index in [1.165, 1.54) is 11.3 Å². The van der Waals surface area contributed by atoms with Crippen molar-refractivity contribution in [2.75, 3.05) is 50.8 Å². The highest BCUT2D eigenvalue weighted by Gasteiger charge is 2.31. The molecule has 0 unspecified atom stereocenters. The minimum Gasteiger partial charge on any atom is -0.378 e. The lowest BCUT2D eigenvalue weighted by Gasteiger charge is -2.37. The summed E-state index contributed by atoms with van der Waals surface area (Å²) in [7, 11) is 0. The highest BCUT2D eigenvalue weighted by atomic mass is 32.1. The molecule has 1 atom stereocenters. The van der Waals surface area contributed by atoms with Crippen molar-refractivity contribution in [3.63, 3.8) is 0 Å². The van der Waals surface area contributed by atoms with E-state index < -0.39 is 0 Å². The van der Waals surface area contributed by atoms with Crippen molar-refractivity contribution in [3.8, 4) is 0 Å². The maximum atomic E-state index is 12.0. The Balaban J connectivity index is 1.34. The zero-order chi connectivity index (χ0) is 16.4. The first kappa shape index (κ1) is 16.3. The van der Waals surface area contributed by atoms with E-state index in [9.17, 15) is 4.79 Å². The number of aromatic nitrogens is 1. The molecule has 3 aliphatic heterocycles. The van der Waals surface area contributed by atoms with Crippen LogP contribution in [0.1, 0.15) is 30.6 Å². The van der Waals surface area contributed by atoms with Gasteiger partial charge in [0.2, 0.25) is 5.91 Å². The molecule has 0 aromatic carbocycles. The summed E-state index contributed by atoms with van der Waals surface area (Å²) < 4.78 is 5.41. The van der Waals surface area contributed by atoms with Crippen LogP contribution in [0, 0.1) is 0 Å². The van der Waals surface area contributed by atoms with Crippen LogP contribution < -0.4 is 4.90 Å². The number of carbonyl (C=O) groups excluding carboxylic acids is 1. The standard InChI is InChI=1S/C17H26N4O2S/c22-16-4-2-6-21(16)14-3-1-5-19(12-14)13-15-11-18-17(24-15)20-7-9-23-10-8-20/h11,14H,1-10,12-13H2/t14-/m0/s1. The molecule has 3 aliphatic rings. The average molecular weight is 350 g/mol. The smallest absolute Gasteiger partial charge is 0.222 e. The van der Waals surface area contributed by atoms with E-state index in [0.29, 0.717) is 11.9 Å². The fraction of sp³-hybridized carbons (Fsp3) is 0.765. The molecule has 4 heterocycles. The molecule has 1 aromatic heterocycles. The second-order valence-corrected chi connectivity index (χ2v) is 8.02. The Hall–Kier alpha value is -1.18. The van der Waals surface area contributed by atoms with Gasteiger partial charge in [-0.3, -0.25) is 9.69 Å². The Morgan fingerprint density at radius 2 is 2.08 bits per heavy atom. The number of carbonyl (C=O) groups is 1. The largest absolute Gasteiger partial charge is 0.378 e. The molecule has 7 heteroatoms. The first-order chi connectivity index (χ1) is 11.8. The highest BCUT2D eigenvalue weighted by Crippen LogP contribution is 2.27. The number of anilines is 1. The van der Waals surface area contributed by atoms with E-state index in [-0.39, 0.29) is 0 Å². The van der Waals surface area contributed by atoms with Gasteiger partial charge >= 0.3 is 0 Å². The molecule has 6 nitrogen and oxygen atoms in total. The summed E-state index contributed by atoms with van der Waals surface area (Å²) in [5.74, 6) is 0.356. The number of hydrogen-bond donors (Lipinski definition) is 0. The van der Waals surface area contributed by atoms with Gasteiger partial charge in [-0.1, -0.05) is 0 Å². The third kappa shape index (κ3) is 3.58. The molecule has 132 valence electrons. The van der Waals surface area contributed by atoms with Crippen molar-refractivity contribution in [2.45, 2.75) is 38.3 Å². The van der Waals surface area contributed by atoms with Crippen LogP contribution in [0.25, 0.3) is 0 Å². The summed E-state index contributed by atoms with van der Waals surface area (Å²) in [5.41, 5.74) is 0. The molecule has 0 saturated carbocycles. The fourth-order valence-corrected chi connectivity index (χ4v) is 4.98. The average Bonchev–Trinajstić information content (AvgIpc) is 3.25. The summed E-state index contributed by atoms with van der Waals surface area (Å²) in [6, 6.07) is 0.417. The van der Waals surface area contributed by atoms with Crippen molar-refractivity contribution in [2.24, 2.45) is 0 Å². The Bertz CT molecular complexity index is 573. The van der Waals surface area contributed by atoms with Gasteiger partial charge in [-0.25, -0.2) is 4.98 Å². The predicted octanol–water partition coefficient (Wildman–Crippen LogP) is 1.57. The van der Waals surface area contributed by atoms with Crippen molar-refractivity contribution < 1.29 is 9.53 Å². The van der Waals surface area contributed by atoms with E-state index in [2.05, 4.69) is 19.7 Å². The third-order valence-corrected chi connectivity index (χ3v) is 6.28. The van der Waals surface area contributed by atoms with Gasteiger partial charge in [-0.2, -0.15) is 0 Å². The molecule has 24 heavy (non-hydrogen) atoms. The number of morpholine rings is 1. The summed E-state index contributed by atoms with van der Waals surface area (Å²) in [4.78, 5) is 24.9. The highest BCUT2D eigenvalue weighted by molar-refractivity contribution is 7.15. The second kappa shape index (κ2) is 7.37.